The van der Waals surface area contributed by atoms with Crippen LogP contribution in [-0.4, -0.2) is 29.0 Å². The molecule has 3 aromatic rings. The summed E-state index contributed by atoms with van der Waals surface area (Å²) in [4.78, 5) is 17.5. The zero-order chi connectivity index (χ0) is 19.9. The molecular formula is C22H26N4O2. The molecule has 0 bridgehead atoms. The van der Waals surface area contributed by atoms with Crippen LogP contribution in [0.5, 0.6) is 0 Å². The summed E-state index contributed by atoms with van der Waals surface area (Å²) in [7, 11) is 0. The third-order valence-electron chi connectivity index (χ3n) is 4.53. The summed E-state index contributed by atoms with van der Waals surface area (Å²) < 4.78 is 7.02. The lowest BCUT2D eigenvalue weighted by Crippen LogP contribution is -2.25. The number of benzene rings is 2. The van der Waals surface area contributed by atoms with Gasteiger partial charge >= 0.3 is 0 Å². The highest BCUT2D eigenvalue weighted by molar-refractivity contribution is 5.82. The highest BCUT2D eigenvalue weighted by atomic mass is 16.5. The van der Waals surface area contributed by atoms with Gasteiger partial charge in [-0.15, -0.1) is 0 Å². The van der Waals surface area contributed by atoms with Gasteiger partial charge in [0, 0.05) is 19.8 Å². The number of rotatable bonds is 8. The second-order valence-corrected chi connectivity index (χ2v) is 6.69. The number of hydrazone groups is 1. The van der Waals surface area contributed by atoms with Crippen LogP contribution in [0, 0.1) is 13.8 Å². The molecule has 0 aliphatic heterocycles. The maximum absolute atomic E-state index is 12.9. The summed E-state index contributed by atoms with van der Waals surface area (Å²) in [6, 6.07) is 13.5. The Morgan fingerprint density at radius 1 is 1.21 bits per heavy atom. The molecule has 1 N–H and O–H groups in total. The average Bonchev–Trinajstić information content (AvgIpc) is 2.69. The molecule has 0 aliphatic rings. The van der Waals surface area contributed by atoms with E-state index in [-0.39, 0.29) is 5.56 Å². The molecule has 0 radical (unpaired) electrons. The van der Waals surface area contributed by atoms with Crippen LogP contribution < -0.4 is 11.0 Å². The van der Waals surface area contributed by atoms with Crippen molar-refractivity contribution in [2.24, 2.45) is 5.10 Å². The van der Waals surface area contributed by atoms with E-state index in [4.69, 9.17) is 4.74 Å². The van der Waals surface area contributed by atoms with E-state index in [0.29, 0.717) is 36.6 Å². The Morgan fingerprint density at radius 2 is 2.04 bits per heavy atom. The highest BCUT2D eigenvalue weighted by Crippen LogP contribution is 2.12. The van der Waals surface area contributed by atoms with Crippen molar-refractivity contribution < 1.29 is 4.74 Å². The van der Waals surface area contributed by atoms with Gasteiger partial charge in [-0.3, -0.25) is 9.36 Å². The third kappa shape index (κ3) is 4.64. The van der Waals surface area contributed by atoms with Crippen LogP contribution >= 0.6 is 0 Å². The molecule has 0 aliphatic carbocycles. The first kappa shape index (κ1) is 19.8. The summed E-state index contributed by atoms with van der Waals surface area (Å²) in [5.74, 6) is 0.432. The van der Waals surface area contributed by atoms with Crippen molar-refractivity contribution in [2.75, 3.05) is 18.6 Å². The van der Waals surface area contributed by atoms with E-state index in [0.717, 1.165) is 17.5 Å². The fourth-order valence-corrected chi connectivity index (χ4v) is 3.06. The minimum Gasteiger partial charge on any atom is -0.382 e. The van der Waals surface area contributed by atoms with Crippen LogP contribution in [0.4, 0.5) is 5.95 Å². The van der Waals surface area contributed by atoms with Crippen LogP contribution in [0.2, 0.25) is 0 Å². The molecule has 146 valence electrons. The fourth-order valence-electron chi connectivity index (χ4n) is 3.06. The van der Waals surface area contributed by atoms with Gasteiger partial charge in [0.15, 0.2) is 0 Å². The van der Waals surface area contributed by atoms with Crippen LogP contribution in [0.15, 0.2) is 52.4 Å². The number of nitrogens with one attached hydrogen (secondary N) is 1. The van der Waals surface area contributed by atoms with Crippen molar-refractivity contribution in [3.63, 3.8) is 0 Å². The quantitative estimate of drug-likeness (QED) is 0.367. The maximum Gasteiger partial charge on any atom is 0.262 e. The fraction of sp³-hybridized carbons (Fsp3) is 0.318. The van der Waals surface area contributed by atoms with Gasteiger partial charge in [-0.2, -0.15) is 5.10 Å². The molecule has 3 rings (SSSR count). The summed E-state index contributed by atoms with van der Waals surface area (Å²) >= 11 is 0. The van der Waals surface area contributed by atoms with Crippen molar-refractivity contribution >= 4 is 23.1 Å². The molecule has 0 fully saturated rings. The van der Waals surface area contributed by atoms with Gasteiger partial charge in [0.1, 0.15) is 0 Å². The molecule has 1 aromatic heterocycles. The average molecular weight is 378 g/mol. The van der Waals surface area contributed by atoms with Crippen molar-refractivity contribution in [1.82, 2.24) is 9.55 Å². The minimum atomic E-state index is -0.0775. The first-order valence-corrected chi connectivity index (χ1v) is 9.54. The summed E-state index contributed by atoms with van der Waals surface area (Å²) in [6.07, 6.45) is 2.48. The first-order chi connectivity index (χ1) is 13.6. The second-order valence-electron chi connectivity index (χ2n) is 6.69. The molecule has 0 spiro atoms. The normalized spacial score (nSPS) is 11.4. The molecule has 28 heavy (non-hydrogen) atoms. The Balaban J connectivity index is 1.89. The topological polar surface area (TPSA) is 68.5 Å². The van der Waals surface area contributed by atoms with Crippen LogP contribution in [0.25, 0.3) is 10.9 Å². The van der Waals surface area contributed by atoms with Gasteiger partial charge in [0.2, 0.25) is 5.95 Å². The molecule has 0 saturated carbocycles. The van der Waals surface area contributed by atoms with E-state index in [1.165, 1.54) is 5.56 Å². The molecule has 0 atom stereocenters. The molecule has 0 unspecified atom stereocenters. The number of ether oxygens (including phenoxy) is 1. The second kappa shape index (κ2) is 9.28. The van der Waals surface area contributed by atoms with Gasteiger partial charge in [-0.1, -0.05) is 35.9 Å². The standard InChI is InChI=1S/C22H26N4O2/c1-4-28-13-7-12-26-21(27)19-8-5-6-9-20(19)24-22(26)25-23-15-18-11-10-16(2)14-17(18)3/h5-6,8-11,14-15H,4,7,12-13H2,1-3H3,(H,24,25)/b23-15-. The van der Waals surface area contributed by atoms with Crippen molar-refractivity contribution in [3.05, 3.63) is 69.5 Å². The summed E-state index contributed by atoms with van der Waals surface area (Å²) in [6.45, 7) is 7.84. The van der Waals surface area contributed by atoms with Crippen molar-refractivity contribution in [3.8, 4) is 0 Å². The molecule has 0 saturated heterocycles. The van der Waals surface area contributed by atoms with E-state index in [1.807, 2.05) is 44.2 Å². The number of fused-ring (bicyclic) bond motifs is 1. The number of para-hydroxylation sites is 1. The Labute approximate surface area is 164 Å². The smallest absolute Gasteiger partial charge is 0.262 e. The largest absolute Gasteiger partial charge is 0.382 e. The Hall–Kier alpha value is -2.99. The third-order valence-corrected chi connectivity index (χ3v) is 4.53. The molecule has 1 heterocycles. The van der Waals surface area contributed by atoms with Gasteiger partial charge in [-0.25, -0.2) is 10.4 Å². The van der Waals surface area contributed by atoms with Crippen molar-refractivity contribution in [2.45, 2.75) is 33.7 Å². The lowest BCUT2D eigenvalue weighted by molar-refractivity contribution is 0.141. The Morgan fingerprint density at radius 3 is 2.82 bits per heavy atom. The SMILES string of the molecule is CCOCCCn1c(N/N=C\c2ccc(C)cc2C)nc2ccccc2c1=O. The van der Waals surface area contributed by atoms with Crippen LogP contribution in [-0.2, 0) is 11.3 Å². The number of hydrogen-bond donors (Lipinski definition) is 1. The van der Waals surface area contributed by atoms with E-state index in [9.17, 15) is 4.79 Å². The predicted molar refractivity (Wildman–Crippen MR) is 114 cm³/mol. The summed E-state index contributed by atoms with van der Waals surface area (Å²) in [5, 5.41) is 4.93. The van der Waals surface area contributed by atoms with E-state index < -0.39 is 0 Å². The molecular weight excluding hydrogens is 352 g/mol. The van der Waals surface area contributed by atoms with E-state index in [1.54, 1.807) is 16.8 Å². The number of aryl methyl sites for hydroxylation is 2. The molecule has 6 nitrogen and oxygen atoms in total. The van der Waals surface area contributed by atoms with E-state index >= 15 is 0 Å². The lowest BCUT2D eigenvalue weighted by Gasteiger charge is -2.12. The zero-order valence-electron chi connectivity index (χ0n) is 16.6. The number of nitrogens with zero attached hydrogens (tertiary/aromatic N) is 3. The molecule has 2 aromatic carbocycles. The maximum atomic E-state index is 12.9. The van der Waals surface area contributed by atoms with E-state index in [2.05, 4.69) is 28.5 Å². The van der Waals surface area contributed by atoms with Gasteiger partial charge in [0.05, 0.1) is 17.1 Å². The predicted octanol–water partition coefficient (Wildman–Crippen LogP) is 3.89. The van der Waals surface area contributed by atoms with Crippen LogP contribution in [0.3, 0.4) is 0 Å². The summed E-state index contributed by atoms with van der Waals surface area (Å²) in [5.41, 5.74) is 6.90. The van der Waals surface area contributed by atoms with Crippen molar-refractivity contribution in [1.29, 1.82) is 0 Å². The van der Waals surface area contributed by atoms with Gasteiger partial charge in [-0.05, 0) is 50.5 Å². The highest BCUT2D eigenvalue weighted by Gasteiger charge is 2.10. The first-order valence-electron chi connectivity index (χ1n) is 9.54. The molecule has 6 heteroatoms. The Bertz CT molecular complexity index is 1040. The molecule has 0 amide bonds. The number of aromatic nitrogens is 2. The lowest BCUT2D eigenvalue weighted by atomic mass is 10.1. The monoisotopic (exact) mass is 378 g/mol. The zero-order valence-corrected chi connectivity index (χ0v) is 16.6. The Kier molecular flexibility index (Phi) is 6.55. The van der Waals surface area contributed by atoms with Gasteiger partial charge in [0.25, 0.3) is 5.56 Å². The van der Waals surface area contributed by atoms with Gasteiger partial charge < -0.3 is 4.74 Å². The number of hydrogen-bond acceptors (Lipinski definition) is 5. The van der Waals surface area contributed by atoms with Crippen LogP contribution in [0.1, 0.15) is 30.0 Å². The minimum absolute atomic E-state index is 0.0775. The number of anilines is 1.